The molecular weight excluding hydrogens is 224 g/mol. The van der Waals surface area contributed by atoms with Crippen LogP contribution < -0.4 is 5.73 Å². The molecule has 0 aromatic rings. The molecule has 1 amide bonds. The Morgan fingerprint density at radius 1 is 1.17 bits per heavy atom. The van der Waals surface area contributed by atoms with Crippen molar-refractivity contribution in [2.24, 2.45) is 23.5 Å². The summed E-state index contributed by atoms with van der Waals surface area (Å²) in [6.07, 6.45) is 8.67. The van der Waals surface area contributed by atoms with Crippen molar-refractivity contribution in [3.63, 3.8) is 0 Å². The second-order valence-corrected chi connectivity index (χ2v) is 6.83. The number of nitrogens with two attached hydrogens (primary N) is 1. The molecule has 4 aliphatic rings. The maximum absolute atomic E-state index is 12.3. The third-order valence-electron chi connectivity index (χ3n) is 5.53. The second-order valence-electron chi connectivity index (χ2n) is 6.83. The smallest absolute Gasteiger partial charge is 0.222 e. The lowest BCUT2D eigenvalue weighted by molar-refractivity contribution is -0.150. The van der Waals surface area contributed by atoms with Crippen molar-refractivity contribution in [1.29, 1.82) is 0 Å². The minimum atomic E-state index is 0.196. The molecular formula is C15H26N2O. The lowest BCUT2D eigenvalue weighted by Gasteiger charge is -2.60. The van der Waals surface area contributed by atoms with Crippen LogP contribution in [0.4, 0.5) is 0 Å². The number of amides is 1. The van der Waals surface area contributed by atoms with Crippen LogP contribution in [0.1, 0.15) is 51.9 Å². The van der Waals surface area contributed by atoms with Gasteiger partial charge < -0.3 is 10.6 Å². The first kappa shape index (κ1) is 12.5. The van der Waals surface area contributed by atoms with Gasteiger partial charge in [0.05, 0.1) is 0 Å². The van der Waals surface area contributed by atoms with Gasteiger partial charge in [-0.1, -0.05) is 6.92 Å². The van der Waals surface area contributed by atoms with Crippen LogP contribution in [0.3, 0.4) is 0 Å². The number of carbonyl (C=O) groups excluding carboxylic acids is 1. The topological polar surface area (TPSA) is 46.3 Å². The summed E-state index contributed by atoms with van der Waals surface area (Å²) in [6, 6.07) is 0. The van der Waals surface area contributed by atoms with E-state index in [1.807, 2.05) is 6.92 Å². The van der Waals surface area contributed by atoms with Gasteiger partial charge >= 0.3 is 0 Å². The van der Waals surface area contributed by atoms with Gasteiger partial charge in [0.25, 0.3) is 0 Å². The molecule has 0 heterocycles. The number of nitrogens with zero attached hydrogens (tertiary/aromatic N) is 1. The molecule has 4 saturated carbocycles. The summed E-state index contributed by atoms with van der Waals surface area (Å²) in [6.45, 7) is 3.35. The van der Waals surface area contributed by atoms with Crippen LogP contribution in [-0.2, 0) is 4.79 Å². The molecule has 0 saturated heterocycles. The van der Waals surface area contributed by atoms with Crippen molar-refractivity contribution in [2.75, 3.05) is 13.1 Å². The molecule has 18 heavy (non-hydrogen) atoms. The van der Waals surface area contributed by atoms with Crippen LogP contribution in [0.15, 0.2) is 0 Å². The van der Waals surface area contributed by atoms with Crippen LogP contribution >= 0.6 is 0 Å². The molecule has 4 aliphatic carbocycles. The Bertz CT molecular complexity index is 304. The van der Waals surface area contributed by atoms with Crippen LogP contribution in [0.25, 0.3) is 0 Å². The molecule has 3 nitrogen and oxygen atoms in total. The molecule has 102 valence electrons. The Morgan fingerprint density at radius 2 is 1.67 bits per heavy atom. The predicted molar refractivity (Wildman–Crippen MR) is 72.0 cm³/mol. The van der Waals surface area contributed by atoms with E-state index in [0.29, 0.717) is 18.9 Å². The quantitative estimate of drug-likeness (QED) is 0.831. The zero-order chi connectivity index (χ0) is 12.8. The highest BCUT2D eigenvalue weighted by Crippen LogP contribution is 2.57. The van der Waals surface area contributed by atoms with E-state index < -0.39 is 0 Å². The largest absolute Gasteiger partial charge is 0.336 e. The Balaban J connectivity index is 1.86. The van der Waals surface area contributed by atoms with Crippen LogP contribution in [0, 0.1) is 17.8 Å². The van der Waals surface area contributed by atoms with Gasteiger partial charge in [0, 0.05) is 25.0 Å². The third kappa shape index (κ3) is 1.87. The summed E-state index contributed by atoms with van der Waals surface area (Å²) in [5, 5.41) is 0. The summed E-state index contributed by atoms with van der Waals surface area (Å²) < 4.78 is 0. The van der Waals surface area contributed by atoms with Crippen molar-refractivity contribution < 1.29 is 4.79 Å². The molecule has 0 aromatic heterocycles. The standard InChI is InChI=1S/C15H26N2O/c1-2-14(18)17(4-3-16)15-8-11-5-12(9-15)7-13(6-11)10-15/h11-13H,2-10,16H2,1H3. The van der Waals surface area contributed by atoms with Crippen LogP contribution in [0.2, 0.25) is 0 Å². The molecule has 2 N–H and O–H groups in total. The molecule has 0 atom stereocenters. The van der Waals surface area contributed by atoms with Gasteiger partial charge in [-0.25, -0.2) is 0 Å². The predicted octanol–water partition coefficient (Wildman–Crippen LogP) is 2.15. The summed E-state index contributed by atoms with van der Waals surface area (Å²) in [5.41, 5.74) is 5.94. The van der Waals surface area contributed by atoms with Crippen molar-refractivity contribution in [1.82, 2.24) is 4.90 Å². The normalized spacial score (nSPS) is 41.1. The zero-order valence-electron chi connectivity index (χ0n) is 11.5. The van der Waals surface area contributed by atoms with E-state index in [2.05, 4.69) is 4.90 Å². The van der Waals surface area contributed by atoms with Crippen LogP contribution in [0.5, 0.6) is 0 Å². The molecule has 3 heteroatoms. The van der Waals surface area contributed by atoms with Crippen molar-refractivity contribution in [3.8, 4) is 0 Å². The fraction of sp³-hybridized carbons (Fsp3) is 0.933. The van der Waals surface area contributed by atoms with E-state index in [9.17, 15) is 4.79 Å². The van der Waals surface area contributed by atoms with Crippen molar-refractivity contribution in [2.45, 2.75) is 57.4 Å². The maximum atomic E-state index is 12.3. The van der Waals surface area contributed by atoms with E-state index in [1.165, 1.54) is 38.5 Å². The molecule has 0 spiro atoms. The summed E-state index contributed by atoms with van der Waals surface area (Å²) in [5.74, 6) is 2.99. The van der Waals surface area contributed by atoms with E-state index >= 15 is 0 Å². The highest BCUT2D eigenvalue weighted by Gasteiger charge is 2.54. The molecule has 0 aliphatic heterocycles. The van der Waals surface area contributed by atoms with Crippen molar-refractivity contribution in [3.05, 3.63) is 0 Å². The minimum Gasteiger partial charge on any atom is -0.336 e. The first-order valence-electron chi connectivity index (χ1n) is 7.67. The van der Waals surface area contributed by atoms with Gasteiger partial charge in [-0.15, -0.1) is 0 Å². The van der Waals surface area contributed by atoms with Gasteiger partial charge in [0.2, 0.25) is 5.91 Å². The van der Waals surface area contributed by atoms with Gasteiger partial charge in [-0.2, -0.15) is 0 Å². The maximum Gasteiger partial charge on any atom is 0.222 e. The Hall–Kier alpha value is -0.570. The number of hydrogen-bond donors (Lipinski definition) is 1. The summed E-state index contributed by atoms with van der Waals surface area (Å²) in [7, 11) is 0. The number of hydrogen-bond acceptors (Lipinski definition) is 2. The van der Waals surface area contributed by atoms with Gasteiger partial charge in [-0.3, -0.25) is 4.79 Å². The first-order chi connectivity index (χ1) is 8.66. The zero-order valence-corrected chi connectivity index (χ0v) is 11.5. The second kappa shape index (κ2) is 4.52. The molecule has 4 fully saturated rings. The van der Waals surface area contributed by atoms with Gasteiger partial charge in [0.15, 0.2) is 0 Å². The molecule has 0 aromatic carbocycles. The average molecular weight is 250 g/mol. The Labute approximate surface area is 110 Å². The molecule has 0 unspecified atom stereocenters. The monoisotopic (exact) mass is 250 g/mol. The van der Waals surface area contributed by atoms with E-state index in [4.69, 9.17) is 5.73 Å². The SMILES string of the molecule is CCC(=O)N(CCN)C12CC3CC(CC(C3)C1)C2. The highest BCUT2D eigenvalue weighted by molar-refractivity contribution is 5.76. The Kier molecular flexibility index (Phi) is 3.13. The number of rotatable bonds is 4. The van der Waals surface area contributed by atoms with Gasteiger partial charge in [0.1, 0.15) is 0 Å². The molecule has 0 radical (unpaired) electrons. The Morgan fingerprint density at radius 3 is 2.06 bits per heavy atom. The molecule has 4 rings (SSSR count). The van der Waals surface area contributed by atoms with E-state index in [1.54, 1.807) is 0 Å². The van der Waals surface area contributed by atoms with Crippen LogP contribution in [-0.4, -0.2) is 29.4 Å². The average Bonchev–Trinajstić information content (AvgIpc) is 2.33. The fourth-order valence-corrected chi connectivity index (χ4v) is 5.34. The van der Waals surface area contributed by atoms with E-state index in [0.717, 1.165) is 24.3 Å². The summed E-state index contributed by atoms with van der Waals surface area (Å²) >= 11 is 0. The van der Waals surface area contributed by atoms with E-state index in [-0.39, 0.29) is 5.54 Å². The third-order valence-corrected chi connectivity index (χ3v) is 5.53. The summed E-state index contributed by atoms with van der Waals surface area (Å²) in [4.78, 5) is 14.5. The highest BCUT2D eigenvalue weighted by atomic mass is 16.2. The lowest BCUT2D eigenvalue weighted by Crippen LogP contribution is -2.62. The van der Waals surface area contributed by atoms with Crippen molar-refractivity contribution >= 4 is 5.91 Å². The number of carbonyl (C=O) groups is 1. The fourth-order valence-electron chi connectivity index (χ4n) is 5.34. The first-order valence-corrected chi connectivity index (χ1v) is 7.67. The van der Waals surface area contributed by atoms with Gasteiger partial charge in [-0.05, 0) is 56.3 Å². The lowest BCUT2D eigenvalue weighted by atomic mass is 9.52. The minimum absolute atomic E-state index is 0.196. The molecule has 4 bridgehead atoms.